The monoisotopic (exact) mass is 250 g/mol. The fourth-order valence-electron chi connectivity index (χ4n) is 0.979. The van der Waals surface area contributed by atoms with E-state index in [9.17, 15) is 4.79 Å². The number of hydrogen-bond donors (Lipinski definition) is 0. The van der Waals surface area contributed by atoms with E-state index in [1.807, 2.05) is 13.8 Å². The normalized spacial score (nSPS) is 11.0. The fourth-order valence-corrected chi connectivity index (χ4v) is 1.25. The molecule has 0 unspecified atom stereocenters. The number of aromatic nitrogens is 2. The third-order valence-corrected chi connectivity index (χ3v) is 2.45. The van der Waals surface area contributed by atoms with E-state index in [-0.39, 0.29) is 16.1 Å². The second-order valence-corrected chi connectivity index (χ2v) is 4.04. The highest BCUT2D eigenvalue weighted by Crippen LogP contribution is 2.14. The van der Waals surface area contributed by atoms with Crippen LogP contribution in [0.3, 0.4) is 0 Å². The minimum absolute atomic E-state index is 0.00351. The zero-order chi connectivity index (χ0) is 11.4. The lowest BCUT2D eigenvalue weighted by Crippen LogP contribution is -2.25. The van der Waals surface area contributed by atoms with Gasteiger partial charge in [-0.1, -0.05) is 23.2 Å². The topological polar surface area (TPSA) is 44.1 Å². The lowest BCUT2D eigenvalue weighted by atomic mass is 10.5. The predicted molar refractivity (Wildman–Crippen MR) is 59.6 cm³/mol. The summed E-state index contributed by atoms with van der Waals surface area (Å²) in [5.41, 5.74) is -0.392. The summed E-state index contributed by atoms with van der Waals surface area (Å²) in [6, 6.07) is 0. The van der Waals surface area contributed by atoms with Gasteiger partial charge in [0.2, 0.25) is 0 Å². The summed E-state index contributed by atoms with van der Waals surface area (Å²) in [4.78, 5) is 11.5. The SMILES string of the molecule is CC(C)OCCn1ncc(Cl)c(Cl)c1=O. The van der Waals surface area contributed by atoms with E-state index in [1.165, 1.54) is 10.9 Å². The molecule has 0 N–H and O–H groups in total. The second-order valence-electron chi connectivity index (χ2n) is 3.25. The van der Waals surface area contributed by atoms with Gasteiger partial charge in [-0.15, -0.1) is 0 Å². The molecule has 0 aliphatic heterocycles. The maximum atomic E-state index is 11.5. The Morgan fingerprint density at radius 1 is 1.53 bits per heavy atom. The Labute approximate surface area is 97.8 Å². The van der Waals surface area contributed by atoms with Gasteiger partial charge in [-0.25, -0.2) is 4.68 Å². The summed E-state index contributed by atoms with van der Waals surface area (Å²) in [6.07, 6.45) is 1.48. The van der Waals surface area contributed by atoms with Crippen LogP contribution in [0.1, 0.15) is 13.8 Å². The van der Waals surface area contributed by atoms with Crippen LogP contribution in [0.2, 0.25) is 10.0 Å². The highest BCUT2D eigenvalue weighted by molar-refractivity contribution is 6.41. The molecule has 15 heavy (non-hydrogen) atoms. The van der Waals surface area contributed by atoms with Crippen molar-refractivity contribution in [2.24, 2.45) is 0 Å². The van der Waals surface area contributed by atoms with E-state index >= 15 is 0 Å². The Hall–Kier alpha value is -0.580. The molecule has 1 rings (SSSR count). The molecule has 84 valence electrons. The zero-order valence-electron chi connectivity index (χ0n) is 8.54. The molecule has 1 aromatic rings. The van der Waals surface area contributed by atoms with Gasteiger partial charge in [0, 0.05) is 0 Å². The number of ether oxygens (including phenoxy) is 1. The van der Waals surface area contributed by atoms with Gasteiger partial charge in [0.25, 0.3) is 5.56 Å². The Bertz CT molecular complexity index is 390. The van der Waals surface area contributed by atoms with Crippen molar-refractivity contribution in [3.8, 4) is 0 Å². The van der Waals surface area contributed by atoms with Crippen LogP contribution >= 0.6 is 23.2 Å². The molecule has 0 amide bonds. The van der Waals surface area contributed by atoms with Crippen LogP contribution < -0.4 is 5.56 Å². The van der Waals surface area contributed by atoms with Gasteiger partial charge < -0.3 is 4.74 Å². The highest BCUT2D eigenvalue weighted by Gasteiger charge is 2.06. The molecular formula is C9H12Cl2N2O2. The molecule has 0 bridgehead atoms. The van der Waals surface area contributed by atoms with Crippen molar-refractivity contribution in [2.45, 2.75) is 26.5 Å². The Morgan fingerprint density at radius 3 is 2.80 bits per heavy atom. The first kappa shape index (κ1) is 12.5. The third kappa shape index (κ3) is 3.48. The standard InChI is InChI=1S/C9H12Cl2N2O2/c1-6(2)15-4-3-13-9(14)8(11)7(10)5-12-13/h5-6H,3-4H2,1-2H3. The Morgan fingerprint density at radius 2 is 2.20 bits per heavy atom. The van der Waals surface area contributed by atoms with Crippen LogP contribution in [0.4, 0.5) is 0 Å². The summed E-state index contributed by atoms with van der Waals surface area (Å²) >= 11 is 11.3. The highest BCUT2D eigenvalue weighted by atomic mass is 35.5. The molecule has 0 radical (unpaired) electrons. The Balaban J connectivity index is 2.71. The molecule has 0 aliphatic rings. The molecule has 0 spiro atoms. The van der Waals surface area contributed by atoms with E-state index in [4.69, 9.17) is 27.9 Å². The third-order valence-electron chi connectivity index (χ3n) is 1.70. The summed E-state index contributed by atoms with van der Waals surface area (Å²) in [6.45, 7) is 4.63. The van der Waals surface area contributed by atoms with Gasteiger partial charge in [-0.2, -0.15) is 5.10 Å². The van der Waals surface area contributed by atoms with Crippen molar-refractivity contribution >= 4 is 23.2 Å². The van der Waals surface area contributed by atoms with Gasteiger partial charge in [0.15, 0.2) is 0 Å². The molecule has 0 fully saturated rings. The molecule has 6 heteroatoms. The van der Waals surface area contributed by atoms with Crippen molar-refractivity contribution in [1.82, 2.24) is 9.78 Å². The lowest BCUT2D eigenvalue weighted by Gasteiger charge is -2.08. The van der Waals surface area contributed by atoms with E-state index in [0.717, 1.165) is 0 Å². The average molecular weight is 251 g/mol. The zero-order valence-corrected chi connectivity index (χ0v) is 10.0. The van der Waals surface area contributed by atoms with Crippen LogP contribution in [0.15, 0.2) is 11.0 Å². The first-order valence-corrected chi connectivity index (χ1v) is 5.30. The molecule has 0 saturated carbocycles. The quantitative estimate of drug-likeness (QED) is 0.821. The molecule has 0 aliphatic carbocycles. The number of halogens is 2. The van der Waals surface area contributed by atoms with E-state index in [1.54, 1.807) is 0 Å². The van der Waals surface area contributed by atoms with Gasteiger partial charge in [0.05, 0.1) is 30.5 Å². The van der Waals surface area contributed by atoms with Crippen molar-refractivity contribution in [1.29, 1.82) is 0 Å². The first-order valence-electron chi connectivity index (χ1n) is 4.55. The summed E-state index contributed by atoms with van der Waals surface area (Å²) in [7, 11) is 0. The molecule has 0 aromatic carbocycles. The maximum Gasteiger partial charge on any atom is 0.287 e. The van der Waals surface area contributed by atoms with E-state index in [0.29, 0.717) is 13.2 Å². The van der Waals surface area contributed by atoms with Crippen molar-refractivity contribution < 1.29 is 4.74 Å². The largest absolute Gasteiger partial charge is 0.377 e. The number of hydrogen-bond acceptors (Lipinski definition) is 3. The smallest absolute Gasteiger partial charge is 0.287 e. The predicted octanol–water partition coefficient (Wildman–Crippen LogP) is 1.98. The second kappa shape index (κ2) is 5.49. The first-order chi connectivity index (χ1) is 7.02. The van der Waals surface area contributed by atoms with E-state index < -0.39 is 5.56 Å². The number of rotatable bonds is 4. The van der Waals surface area contributed by atoms with E-state index in [2.05, 4.69) is 5.10 Å². The summed E-state index contributed by atoms with van der Waals surface area (Å²) in [5.74, 6) is 0. The van der Waals surface area contributed by atoms with Crippen LogP contribution in [0.5, 0.6) is 0 Å². The van der Waals surface area contributed by atoms with Crippen molar-refractivity contribution in [2.75, 3.05) is 6.61 Å². The lowest BCUT2D eigenvalue weighted by molar-refractivity contribution is 0.0702. The Kier molecular flexibility index (Phi) is 4.57. The summed E-state index contributed by atoms with van der Waals surface area (Å²) in [5, 5.41) is 4.01. The minimum atomic E-state index is -0.392. The number of nitrogens with zero attached hydrogens (tertiary/aromatic N) is 2. The van der Waals surface area contributed by atoms with Gasteiger partial charge >= 0.3 is 0 Å². The van der Waals surface area contributed by atoms with Crippen LogP contribution in [0.25, 0.3) is 0 Å². The van der Waals surface area contributed by atoms with Crippen LogP contribution in [-0.2, 0) is 11.3 Å². The van der Waals surface area contributed by atoms with Crippen molar-refractivity contribution in [3.05, 3.63) is 26.6 Å². The maximum absolute atomic E-state index is 11.5. The summed E-state index contributed by atoms with van der Waals surface area (Å²) < 4.78 is 6.53. The van der Waals surface area contributed by atoms with Crippen molar-refractivity contribution in [3.63, 3.8) is 0 Å². The van der Waals surface area contributed by atoms with Crippen LogP contribution in [0, 0.1) is 0 Å². The fraction of sp³-hybridized carbons (Fsp3) is 0.556. The minimum Gasteiger partial charge on any atom is -0.377 e. The molecule has 0 atom stereocenters. The molecular weight excluding hydrogens is 239 g/mol. The van der Waals surface area contributed by atoms with Gasteiger partial charge in [0.1, 0.15) is 5.02 Å². The van der Waals surface area contributed by atoms with Gasteiger partial charge in [-0.3, -0.25) is 4.79 Å². The average Bonchev–Trinajstić information content (AvgIpc) is 2.18. The molecule has 4 nitrogen and oxygen atoms in total. The van der Waals surface area contributed by atoms with Crippen LogP contribution in [-0.4, -0.2) is 22.5 Å². The molecule has 1 aromatic heterocycles. The van der Waals surface area contributed by atoms with Gasteiger partial charge in [-0.05, 0) is 13.8 Å². The molecule has 1 heterocycles. The molecule has 0 saturated heterocycles.